The molecule has 0 aliphatic carbocycles. The van der Waals surface area contributed by atoms with Gasteiger partial charge >= 0.3 is 0 Å². The van der Waals surface area contributed by atoms with E-state index in [0.29, 0.717) is 12.2 Å². The first-order chi connectivity index (χ1) is 10.3. The Hall–Kier alpha value is -2.22. The molecule has 2 heteroatoms. The smallest absolute Gasteiger partial charge is 0.123 e. The summed E-state index contributed by atoms with van der Waals surface area (Å²) in [6.07, 6.45) is 5.56. The lowest BCUT2D eigenvalue weighted by Crippen LogP contribution is -2.13. The van der Waals surface area contributed by atoms with Gasteiger partial charge in [-0.05, 0) is 37.0 Å². The third-order valence-electron chi connectivity index (χ3n) is 3.97. The van der Waals surface area contributed by atoms with Crippen LogP contribution in [0.15, 0.2) is 55.1 Å². The van der Waals surface area contributed by atoms with Gasteiger partial charge < -0.3 is 9.84 Å². The number of hydrogen-bond acceptors (Lipinski definition) is 2. The number of rotatable bonds is 5. The van der Waals surface area contributed by atoms with Crippen molar-refractivity contribution in [2.75, 3.05) is 0 Å². The van der Waals surface area contributed by atoms with Gasteiger partial charge in [0.15, 0.2) is 0 Å². The van der Waals surface area contributed by atoms with Crippen LogP contribution in [-0.4, -0.2) is 11.2 Å². The number of benzene rings is 2. The molecule has 2 nitrogen and oxygen atoms in total. The lowest BCUT2D eigenvalue weighted by atomic mass is 10.0. The number of phenolic OH excluding ortho intramolecular Hbond substituents is 1. The van der Waals surface area contributed by atoms with Crippen molar-refractivity contribution >= 4 is 0 Å². The minimum atomic E-state index is 0.207. The highest BCUT2D eigenvalue weighted by molar-refractivity contribution is 5.48. The molecule has 1 atom stereocenters. The standard InChI is InChI=1S/C19H20O2/c1-2-6-15-13-19-16(12-18(15)20)11-17(21-19)10-9-14-7-4-3-5-8-14/h2-5,7-8,12-13,17,20H,1,6,9-11H2/t17-/m1/s1. The van der Waals surface area contributed by atoms with Crippen LogP contribution in [0.5, 0.6) is 11.5 Å². The highest BCUT2D eigenvalue weighted by Gasteiger charge is 2.24. The third kappa shape index (κ3) is 3.10. The van der Waals surface area contributed by atoms with Crippen LogP contribution < -0.4 is 4.74 Å². The van der Waals surface area contributed by atoms with Crippen LogP contribution in [0.25, 0.3) is 0 Å². The molecule has 1 aliphatic rings. The molecule has 108 valence electrons. The number of allylic oxidation sites excluding steroid dienone is 1. The summed E-state index contributed by atoms with van der Waals surface area (Å²) in [7, 11) is 0. The van der Waals surface area contributed by atoms with Crippen LogP contribution >= 0.6 is 0 Å². The van der Waals surface area contributed by atoms with Gasteiger partial charge in [0.05, 0.1) is 0 Å². The highest BCUT2D eigenvalue weighted by atomic mass is 16.5. The maximum Gasteiger partial charge on any atom is 0.123 e. The van der Waals surface area contributed by atoms with Crippen LogP contribution in [-0.2, 0) is 19.3 Å². The molecule has 0 radical (unpaired) electrons. The maximum atomic E-state index is 10.00. The van der Waals surface area contributed by atoms with Crippen LogP contribution in [0.1, 0.15) is 23.1 Å². The Kier molecular flexibility index (Phi) is 3.96. The Morgan fingerprint density at radius 1 is 1.24 bits per heavy atom. The summed E-state index contributed by atoms with van der Waals surface area (Å²) in [5.74, 6) is 1.27. The monoisotopic (exact) mass is 280 g/mol. The summed E-state index contributed by atoms with van der Waals surface area (Å²) < 4.78 is 6.03. The zero-order valence-electron chi connectivity index (χ0n) is 12.1. The molecule has 2 aromatic rings. The predicted octanol–water partition coefficient (Wildman–Crippen LogP) is 4.06. The largest absolute Gasteiger partial charge is 0.508 e. The van der Waals surface area contributed by atoms with Crippen molar-refractivity contribution in [3.63, 3.8) is 0 Å². The van der Waals surface area contributed by atoms with E-state index in [-0.39, 0.29) is 6.10 Å². The van der Waals surface area contributed by atoms with Gasteiger partial charge in [-0.3, -0.25) is 0 Å². The average molecular weight is 280 g/mol. The van der Waals surface area contributed by atoms with E-state index in [0.717, 1.165) is 36.1 Å². The summed E-state index contributed by atoms with van der Waals surface area (Å²) in [5, 5.41) is 10.00. The van der Waals surface area contributed by atoms with E-state index < -0.39 is 0 Å². The second-order valence-electron chi connectivity index (χ2n) is 5.55. The Balaban J connectivity index is 1.66. The summed E-state index contributed by atoms with van der Waals surface area (Å²) in [5.41, 5.74) is 3.33. The van der Waals surface area contributed by atoms with Crippen LogP contribution in [0, 0.1) is 0 Å². The van der Waals surface area contributed by atoms with Crippen molar-refractivity contribution < 1.29 is 9.84 Å². The summed E-state index contributed by atoms with van der Waals surface area (Å²) in [6, 6.07) is 14.3. The molecule has 1 N–H and O–H groups in total. The van der Waals surface area contributed by atoms with E-state index in [9.17, 15) is 5.11 Å². The fourth-order valence-electron chi connectivity index (χ4n) is 2.84. The Morgan fingerprint density at radius 2 is 2.05 bits per heavy atom. The average Bonchev–Trinajstić information content (AvgIpc) is 2.89. The first-order valence-electron chi connectivity index (χ1n) is 7.42. The molecule has 0 fully saturated rings. The fraction of sp³-hybridized carbons (Fsp3) is 0.263. The Morgan fingerprint density at radius 3 is 2.81 bits per heavy atom. The number of aryl methyl sites for hydroxylation is 1. The normalized spacial score (nSPS) is 16.3. The lowest BCUT2D eigenvalue weighted by molar-refractivity contribution is 0.221. The van der Waals surface area contributed by atoms with Gasteiger partial charge in [0.2, 0.25) is 0 Å². The zero-order chi connectivity index (χ0) is 14.7. The summed E-state index contributed by atoms with van der Waals surface area (Å²) in [4.78, 5) is 0. The lowest BCUT2D eigenvalue weighted by Gasteiger charge is -2.10. The van der Waals surface area contributed by atoms with Crippen molar-refractivity contribution in [3.8, 4) is 11.5 Å². The molecular weight excluding hydrogens is 260 g/mol. The van der Waals surface area contributed by atoms with Gasteiger partial charge in [0, 0.05) is 17.5 Å². The predicted molar refractivity (Wildman–Crippen MR) is 84.9 cm³/mol. The fourth-order valence-corrected chi connectivity index (χ4v) is 2.84. The van der Waals surface area contributed by atoms with Crippen LogP contribution in [0.2, 0.25) is 0 Å². The van der Waals surface area contributed by atoms with Crippen molar-refractivity contribution in [3.05, 3.63) is 71.8 Å². The van der Waals surface area contributed by atoms with E-state index in [1.165, 1.54) is 5.56 Å². The molecule has 0 saturated heterocycles. The molecule has 3 rings (SSSR count). The van der Waals surface area contributed by atoms with Crippen molar-refractivity contribution in [2.45, 2.75) is 31.8 Å². The molecule has 0 aromatic heterocycles. The number of aromatic hydroxyl groups is 1. The molecular formula is C19H20O2. The van der Waals surface area contributed by atoms with Gasteiger partial charge in [0.25, 0.3) is 0 Å². The Labute approximate surface area is 125 Å². The molecule has 0 amide bonds. The number of fused-ring (bicyclic) bond motifs is 1. The molecule has 0 bridgehead atoms. The SMILES string of the molecule is C=CCc1cc2c(cc1O)C[C@@H](CCc1ccccc1)O2. The second-order valence-corrected chi connectivity index (χ2v) is 5.55. The van der Waals surface area contributed by atoms with E-state index in [1.54, 1.807) is 6.08 Å². The van der Waals surface area contributed by atoms with Crippen molar-refractivity contribution in [2.24, 2.45) is 0 Å². The summed E-state index contributed by atoms with van der Waals surface area (Å²) >= 11 is 0. The first-order valence-corrected chi connectivity index (χ1v) is 7.42. The number of ether oxygens (including phenoxy) is 1. The third-order valence-corrected chi connectivity index (χ3v) is 3.97. The molecule has 21 heavy (non-hydrogen) atoms. The molecule has 0 unspecified atom stereocenters. The topological polar surface area (TPSA) is 29.5 Å². The van der Waals surface area contributed by atoms with Gasteiger partial charge in [0.1, 0.15) is 17.6 Å². The first kappa shape index (κ1) is 13.7. The zero-order valence-corrected chi connectivity index (χ0v) is 12.1. The number of hydrogen-bond donors (Lipinski definition) is 1. The van der Waals surface area contributed by atoms with Crippen molar-refractivity contribution in [1.82, 2.24) is 0 Å². The number of phenols is 1. The van der Waals surface area contributed by atoms with Crippen molar-refractivity contribution in [1.29, 1.82) is 0 Å². The highest BCUT2D eigenvalue weighted by Crippen LogP contribution is 2.35. The quantitative estimate of drug-likeness (QED) is 0.837. The Bertz CT molecular complexity index is 632. The van der Waals surface area contributed by atoms with Gasteiger partial charge in [-0.25, -0.2) is 0 Å². The molecule has 1 aliphatic heterocycles. The molecule has 1 heterocycles. The molecule has 0 saturated carbocycles. The molecule has 2 aromatic carbocycles. The van der Waals surface area contributed by atoms with Crippen LogP contribution in [0.4, 0.5) is 0 Å². The second kappa shape index (κ2) is 6.04. The van der Waals surface area contributed by atoms with E-state index in [4.69, 9.17) is 4.74 Å². The van der Waals surface area contributed by atoms with Gasteiger partial charge in [-0.1, -0.05) is 36.4 Å². The minimum Gasteiger partial charge on any atom is -0.508 e. The van der Waals surface area contributed by atoms with Gasteiger partial charge in [-0.15, -0.1) is 6.58 Å². The van der Waals surface area contributed by atoms with E-state index >= 15 is 0 Å². The maximum absolute atomic E-state index is 10.00. The van der Waals surface area contributed by atoms with Crippen LogP contribution in [0.3, 0.4) is 0 Å². The molecule has 0 spiro atoms. The minimum absolute atomic E-state index is 0.207. The summed E-state index contributed by atoms with van der Waals surface area (Å²) in [6.45, 7) is 3.72. The van der Waals surface area contributed by atoms with E-state index in [2.05, 4.69) is 30.8 Å². The van der Waals surface area contributed by atoms with Gasteiger partial charge in [-0.2, -0.15) is 0 Å². The van der Waals surface area contributed by atoms with E-state index in [1.807, 2.05) is 18.2 Å².